The lowest BCUT2D eigenvalue weighted by molar-refractivity contribution is -0.837. The van der Waals surface area contributed by atoms with Gasteiger partial charge in [-0.25, -0.2) is 4.99 Å². The van der Waals surface area contributed by atoms with Gasteiger partial charge in [-0.1, -0.05) is 57.6 Å². The summed E-state index contributed by atoms with van der Waals surface area (Å²) in [5.74, 6) is -0.609. The molecule has 2 unspecified atom stereocenters. The third-order valence-corrected chi connectivity index (χ3v) is 6.95. The smallest absolute Gasteiger partial charge is 0.267 e. The number of allylic oxidation sites excluding steroid dienone is 2. The molecule has 0 spiro atoms. The number of aliphatic hydroxyl groups is 2. The zero-order valence-electron chi connectivity index (χ0n) is 20.3. The van der Waals surface area contributed by atoms with Crippen LogP contribution in [0.15, 0.2) is 17.1 Å². The molecule has 2 atom stereocenters. The van der Waals surface area contributed by atoms with Crippen molar-refractivity contribution in [3.8, 4) is 0 Å². The minimum absolute atomic E-state index is 0.0345. The summed E-state index contributed by atoms with van der Waals surface area (Å²) in [4.78, 5) is 17.1. The minimum atomic E-state index is -4.33. The largest absolute Gasteiger partial charge is 0.390 e. The lowest BCUT2D eigenvalue weighted by Crippen LogP contribution is -2.59. The van der Waals surface area contributed by atoms with E-state index in [1.165, 1.54) is 38.5 Å². The van der Waals surface area contributed by atoms with Gasteiger partial charge in [-0.2, -0.15) is 8.42 Å². The molecule has 8 nitrogen and oxygen atoms in total. The van der Waals surface area contributed by atoms with E-state index in [1.807, 2.05) is 0 Å². The molecule has 0 aromatic heterocycles. The van der Waals surface area contributed by atoms with Crippen molar-refractivity contribution in [1.29, 1.82) is 0 Å². The topological polar surface area (TPSA) is 124 Å². The molecule has 0 fully saturated rings. The maximum absolute atomic E-state index is 12.8. The molecule has 1 aliphatic rings. The Morgan fingerprint density at radius 3 is 2.27 bits per heavy atom. The van der Waals surface area contributed by atoms with E-state index in [0.717, 1.165) is 32.1 Å². The summed E-state index contributed by atoms with van der Waals surface area (Å²) in [6.45, 7) is 2.94. The van der Waals surface area contributed by atoms with Crippen LogP contribution in [-0.4, -0.2) is 83.9 Å². The fourth-order valence-electron chi connectivity index (χ4n) is 4.45. The predicted molar refractivity (Wildman–Crippen MR) is 132 cm³/mol. The van der Waals surface area contributed by atoms with E-state index in [-0.39, 0.29) is 30.0 Å². The Balaban J connectivity index is 2.34. The molecule has 33 heavy (non-hydrogen) atoms. The molecule has 0 aliphatic carbocycles. The number of aliphatic imine (C=N–C) groups is 1. The van der Waals surface area contributed by atoms with Gasteiger partial charge >= 0.3 is 0 Å². The van der Waals surface area contributed by atoms with E-state index in [9.17, 15) is 23.4 Å². The molecule has 0 amide bonds. The molecule has 1 heterocycles. The van der Waals surface area contributed by atoms with Crippen LogP contribution in [0, 0.1) is 0 Å². The molecule has 1 rings (SSSR count). The fourth-order valence-corrected chi connectivity index (χ4v) is 5.04. The first-order valence-corrected chi connectivity index (χ1v) is 14.2. The molecule has 9 heteroatoms. The highest BCUT2D eigenvalue weighted by atomic mass is 32.2. The fraction of sp³-hybridized carbons (Fsp3) is 0.833. The van der Waals surface area contributed by atoms with Crippen molar-refractivity contribution in [2.45, 2.75) is 90.1 Å². The second-order valence-electron chi connectivity index (χ2n) is 9.16. The van der Waals surface area contributed by atoms with Gasteiger partial charge < -0.3 is 10.2 Å². The van der Waals surface area contributed by atoms with Crippen LogP contribution in [0.5, 0.6) is 0 Å². The average molecular weight is 490 g/mol. The Morgan fingerprint density at radius 2 is 1.67 bits per heavy atom. The Kier molecular flexibility index (Phi) is 14.9. The first kappa shape index (κ1) is 29.9. The quantitative estimate of drug-likeness (QED) is 0.104. The van der Waals surface area contributed by atoms with Crippen LogP contribution >= 0.6 is 0 Å². The summed E-state index contributed by atoms with van der Waals surface area (Å²) >= 11 is 0. The molecule has 1 aliphatic heterocycles. The van der Waals surface area contributed by atoms with Gasteiger partial charge in [0.15, 0.2) is 0 Å². The number of quaternary nitrogens is 1. The molecular formula is C24H45N2O6S+. The number of rotatable bonds is 20. The number of ketones is 1. The number of unbranched alkanes of at least 4 members (excludes halogenated alkanes) is 9. The molecular weight excluding hydrogens is 444 g/mol. The molecule has 3 N–H and O–H groups in total. The molecule has 0 saturated heterocycles. The van der Waals surface area contributed by atoms with Gasteiger partial charge in [0, 0.05) is 6.42 Å². The van der Waals surface area contributed by atoms with Crippen molar-refractivity contribution in [3.63, 3.8) is 0 Å². The zero-order chi connectivity index (χ0) is 24.6. The highest BCUT2D eigenvalue weighted by molar-refractivity contribution is 7.85. The van der Waals surface area contributed by atoms with E-state index in [2.05, 4.69) is 24.1 Å². The summed E-state index contributed by atoms with van der Waals surface area (Å²) in [5.41, 5.74) is 0. The number of Topliss-reactive ketones (excluding diaryl/α,β-unsaturated/α-hetero) is 1. The number of amidine groups is 1. The lowest BCUT2D eigenvalue weighted by atomic mass is 10.1. The maximum Gasteiger partial charge on any atom is 0.267 e. The second kappa shape index (κ2) is 16.5. The third kappa shape index (κ3) is 12.8. The van der Waals surface area contributed by atoms with Gasteiger partial charge in [0.05, 0.1) is 13.2 Å². The predicted octanol–water partition coefficient (Wildman–Crippen LogP) is 3.28. The monoisotopic (exact) mass is 489 g/mol. The van der Waals surface area contributed by atoms with Gasteiger partial charge in [-0.3, -0.25) is 13.8 Å². The van der Waals surface area contributed by atoms with Crippen molar-refractivity contribution < 1.29 is 32.5 Å². The van der Waals surface area contributed by atoms with Crippen LogP contribution in [0.4, 0.5) is 0 Å². The molecule has 192 valence electrons. The lowest BCUT2D eigenvalue weighted by Gasteiger charge is -2.34. The van der Waals surface area contributed by atoms with Crippen LogP contribution in [-0.2, 0) is 14.9 Å². The molecule has 0 bridgehead atoms. The number of carbonyl (C=O) groups excluding carboxylic acids is 1. The van der Waals surface area contributed by atoms with Crippen LogP contribution in [0.2, 0.25) is 0 Å². The van der Waals surface area contributed by atoms with Crippen molar-refractivity contribution >= 4 is 21.7 Å². The van der Waals surface area contributed by atoms with Crippen molar-refractivity contribution in [2.24, 2.45) is 4.99 Å². The van der Waals surface area contributed by atoms with Crippen LogP contribution in [0.1, 0.15) is 84.0 Å². The summed E-state index contributed by atoms with van der Waals surface area (Å²) in [5, 5.41) is 19.6. The standard InChI is InChI=1S/C24H44N2O6S/c1-2-3-4-5-6-7-8-9-10-11-12-13-14-15-23(29)24-25-16-17-26(24,18-19-27)20-22(28)21-33(30,31)32/h9-10,22,27-28H,2-8,11-21H2,1H3/p+1/b10-9+. The summed E-state index contributed by atoms with van der Waals surface area (Å²) in [6.07, 6.45) is 16.2. The number of aliphatic hydroxyl groups excluding tert-OH is 2. The van der Waals surface area contributed by atoms with Gasteiger partial charge in [0.25, 0.3) is 16.0 Å². The van der Waals surface area contributed by atoms with E-state index < -0.39 is 22.0 Å². The molecule has 0 aromatic rings. The Labute approximate surface area is 200 Å². The summed E-state index contributed by atoms with van der Waals surface area (Å²) in [7, 11) is -4.33. The normalized spacial score (nSPS) is 19.8. The van der Waals surface area contributed by atoms with Crippen molar-refractivity contribution in [2.75, 3.05) is 38.5 Å². The first-order chi connectivity index (χ1) is 15.7. The van der Waals surface area contributed by atoms with Gasteiger partial charge in [-0.05, 0) is 32.1 Å². The molecule has 0 aromatic carbocycles. The molecule has 0 saturated carbocycles. The van der Waals surface area contributed by atoms with Crippen molar-refractivity contribution in [1.82, 2.24) is 0 Å². The van der Waals surface area contributed by atoms with Crippen LogP contribution in [0.3, 0.4) is 0 Å². The third-order valence-electron chi connectivity index (χ3n) is 6.15. The van der Waals surface area contributed by atoms with E-state index >= 15 is 0 Å². The second-order valence-corrected chi connectivity index (χ2v) is 10.7. The van der Waals surface area contributed by atoms with Crippen LogP contribution < -0.4 is 0 Å². The van der Waals surface area contributed by atoms with E-state index in [1.54, 1.807) is 0 Å². The van der Waals surface area contributed by atoms with Gasteiger partial charge in [0.2, 0.25) is 5.78 Å². The number of carbonyl (C=O) groups is 1. The Bertz CT molecular complexity index is 722. The molecule has 0 radical (unpaired) electrons. The van der Waals surface area contributed by atoms with E-state index in [4.69, 9.17) is 4.55 Å². The number of hydrogen-bond donors (Lipinski definition) is 3. The van der Waals surface area contributed by atoms with Gasteiger partial charge in [-0.15, -0.1) is 0 Å². The zero-order valence-corrected chi connectivity index (χ0v) is 21.1. The highest BCUT2D eigenvalue weighted by Gasteiger charge is 2.43. The Morgan fingerprint density at radius 1 is 1.06 bits per heavy atom. The van der Waals surface area contributed by atoms with Gasteiger partial charge in [0.1, 0.15) is 31.5 Å². The Hall–Kier alpha value is -1.13. The average Bonchev–Trinajstić information content (AvgIpc) is 3.13. The first-order valence-electron chi connectivity index (χ1n) is 12.6. The van der Waals surface area contributed by atoms with Crippen molar-refractivity contribution in [3.05, 3.63) is 12.2 Å². The highest BCUT2D eigenvalue weighted by Crippen LogP contribution is 2.20. The van der Waals surface area contributed by atoms with E-state index in [0.29, 0.717) is 25.3 Å². The number of nitrogens with zero attached hydrogens (tertiary/aromatic N) is 2. The minimum Gasteiger partial charge on any atom is -0.390 e. The number of hydrogen-bond acceptors (Lipinski definition) is 6. The SMILES string of the molecule is CCCCCCCC/C=C/CCCCCC(=O)C1=NCC[N+]1(CCO)CC(O)CS(=O)(=O)O. The summed E-state index contributed by atoms with van der Waals surface area (Å²) in [6, 6.07) is 0. The van der Waals surface area contributed by atoms with Crippen LogP contribution in [0.25, 0.3) is 0 Å². The summed E-state index contributed by atoms with van der Waals surface area (Å²) < 4.78 is 31.1. The maximum atomic E-state index is 12.8.